The van der Waals surface area contributed by atoms with E-state index < -0.39 is 6.04 Å². The lowest BCUT2D eigenvalue weighted by atomic mass is 10.2. The van der Waals surface area contributed by atoms with E-state index in [1.165, 1.54) is 14.0 Å². The number of aryl methyl sites for hydroxylation is 1. The van der Waals surface area contributed by atoms with Crippen LogP contribution < -0.4 is 20.7 Å². The number of ether oxygens (including phenoxy) is 1. The van der Waals surface area contributed by atoms with Gasteiger partial charge in [-0.05, 0) is 32.0 Å². The van der Waals surface area contributed by atoms with Crippen LogP contribution >= 0.6 is 0 Å². The molecular weight excluding hydrogens is 312 g/mol. The fraction of sp³-hybridized carbons (Fsp3) is 0.312. The molecule has 0 fully saturated rings. The van der Waals surface area contributed by atoms with E-state index >= 15 is 0 Å². The molecule has 1 unspecified atom stereocenters. The molecule has 0 radical (unpaired) electrons. The highest BCUT2D eigenvalue weighted by Crippen LogP contribution is 2.28. The Labute approximate surface area is 139 Å². The number of amides is 2. The van der Waals surface area contributed by atoms with Crippen LogP contribution in [0.1, 0.15) is 19.6 Å². The first-order valence-electron chi connectivity index (χ1n) is 7.35. The Hall–Kier alpha value is -3.03. The van der Waals surface area contributed by atoms with Gasteiger partial charge in [0, 0.05) is 18.7 Å². The van der Waals surface area contributed by atoms with Crippen molar-refractivity contribution in [3.05, 3.63) is 30.0 Å². The number of hydrogen-bond acceptors (Lipinski definition) is 6. The lowest BCUT2D eigenvalue weighted by molar-refractivity contribution is -0.116. The molecule has 1 heterocycles. The lowest BCUT2D eigenvalue weighted by Crippen LogP contribution is -2.32. The monoisotopic (exact) mass is 332 g/mol. The van der Waals surface area contributed by atoms with Gasteiger partial charge in [0.15, 0.2) is 5.82 Å². The average Bonchev–Trinajstić information content (AvgIpc) is 2.92. The van der Waals surface area contributed by atoms with Crippen molar-refractivity contribution in [1.82, 2.24) is 5.16 Å². The number of carbonyl (C=O) groups is 2. The van der Waals surface area contributed by atoms with Gasteiger partial charge in [-0.2, -0.15) is 0 Å². The molecule has 2 aromatic rings. The molecule has 1 atom stereocenters. The number of benzene rings is 1. The van der Waals surface area contributed by atoms with Gasteiger partial charge in [-0.15, -0.1) is 0 Å². The Kier molecular flexibility index (Phi) is 5.41. The van der Waals surface area contributed by atoms with E-state index in [-0.39, 0.29) is 11.8 Å². The summed E-state index contributed by atoms with van der Waals surface area (Å²) in [6, 6.07) is 6.18. The van der Waals surface area contributed by atoms with E-state index in [0.29, 0.717) is 28.7 Å². The van der Waals surface area contributed by atoms with Gasteiger partial charge in [0.1, 0.15) is 17.6 Å². The highest BCUT2D eigenvalue weighted by molar-refractivity contribution is 5.96. The average molecular weight is 332 g/mol. The number of nitrogens with zero attached hydrogens (tertiary/aromatic N) is 1. The van der Waals surface area contributed by atoms with Crippen molar-refractivity contribution in [3.8, 4) is 5.75 Å². The minimum atomic E-state index is -0.566. The largest absolute Gasteiger partial charge is 0.495 e. The van der Waals surface area contributed by atoms with Crippen LogP contribution in [0.25, 0.3) is 0 Å². The van der Waals surface area contributed by atoms with E-state index in [9.17, 15) is 9.59 Å². The Morgan fingerprint density at radius 1 is 1.25 bits per heavy atom. The second-order valence-corrected chi connectivity index (χ2v) is 5.27. The Balaban J connectivity index is 2.09. The molecule has 0 aliphatic carbocycles. The molecule has 24 heavy (non-hydrogen) atoms. The first kappa shape index (κ1) is 17.3. The molecule has 0 spiro atoms. The number of carbonyl (C=O) groups excluding carboxylic acids is 2. The predicted octanol–water partition coefficient (Wildman–Crippen LogP) is 2.39. The number of hydrogen-bond donors (Lipinski definition) is 3. The normalized spacial score (nSPS) is 11.5. The van der Waals surface area contributed by atoms with Crippen molar-refractivity contribution in [2.45, 2.75) is 26.8 Å². The molecule has 0 aliphatic rings. The maximum atomic E-state index is 12.2. The minimum absolute atomic E-state index is 0.182. The summed E-state index contributed by atoms with van der Waals surface area (Å²) >= 11 is 0. The second-order valence-electron chi connectivity index (χ2n) is 5.27. The van der Waals surface area contributed by atoms with Gasteiger partial charge in [-0.3, -0.25) is 9.59 Å². The highest BCUT2D eigenvalue weighted by atomic mass is 16.5. The zero-order valence-electron chi connectivity index (χ0n) is 14.0. The summed E-state index contributed by atoms with van der Waals surface area (Å²) in [7, 11) is 1.53. The molecule has 0 aliphatic heterocycles. The van der Waals surface area contributed by atoms with Crippen LogP contribution in [-0.2, 0) is 9.59 Å². The van der Waals surface area contributed by atoms with Crippen LogP contribution in [0.3, 0.4) is 0 Å². The van der Waals surface area contributed by atoms with Crippen LogP contribution in [0.4, 0.5) is 17.2 Å². The van der Waals surface area contributed by atoms with Crippen molar-refractivity contribution >= 4 is 29.0 Å². The number of aromatic nitrogens is 1. The summed E-state index contributed by atoms with van der Waals surface area (Å²) in [4.78, 5) is 23.4. The van der Waals surface area contributed by atoms with Gasteiger partial charge in [-0.1, -0.05) is 5.16 Å². The van der Waals surface area contributed by atoms with Crippen molar-refractivity contribution in [3.63, 3.8) is 0 Å². The summed E-state index contributed by atoms with van der Waals surface area (Å²) in [6.07, 6.45) is 0. The van der Waals surface area contributed by atoms with Crippen molar-refractivity contribution < 1.29 is 18.8 Å². The zero-order chi connectivity index (χ0) is 17.7. The maximum absolute atomic E-state index is 12.2. The van der Waals surface area contributed by atoms with E-state index in [1.54, 1.807) is 38.1 Å². The van der Waals surface area contributed by atoms with Gasteiger partial charge < -0.3 is 25.2 Å². The second kappa shape index (κ2) is 7.49. The van der Waals surface area contributed by atoms with Crippen LogP contribution in [0.15, 0.2) is 28.8 Å². The molecule has 3 N–H and O–H groups in total. The molecule has 1 aromatic carbocycles. The molecule has 8 heteroatoms. The Bertz CT molecular complexity index is 741. The Morgan fingerprint density at radius 2 is 2.00 bits per heavy atom. The molecule has 2 rings (SSSR count). The molecule has 128 valence electrons. The summed E-state index contributed by atoms with van der Waals surface area (Å²) in [5.74, 6) is 1.05. The van der Waals surface area contributed by atoms with Crippen LogP contribution in [0, 0.1) is 6.92 Å². The fourth-order valence-corrected chi connectivity index (χ4v) is 2.06. The van der Waals surface area contributed by atoms with Gasteiger partial charge in [0.05, 0.1) is 12.8 Å². The van der Waals surface area contributed by atoms with E-state index in [1.807, 2.05) is 0 Å². The van der Waals surface area contributed by atoms with Crippen LogP contribution in [-0.4, -0.2) is 30.1 Å². The van der Waals surface area contributed by atoms with Crippen LogP contribution in [0.5, 0.6) is 5.75 Å². The molecule has 0 bridgehead atoms. The third-order valence-corrected chi connectivity index (χ3v) is 3.16. The van der Waals surface area contributed by atoms with Crippen molar-refractivity contribution in [2.24, 2.45) is 0 Å². The quantitative estimate of drug-likeness (QED) is 0.750. The fourth-order valence-electron chi connectivity index (χ4n) is 2.06. The molecular formula is C16H20N4O4. The highest BCUT2D eigenvalue weighted by Gasteiger charge is 2.17. The Morgan fingerprint density at radius 3 is 2.58 bits per heavy atom. The van der Waals surface area contributed by atoms with Crippen molar-refractivity contribution in [1.29, 1.82) is 0 Å². The van der Waals surface area contributed by atoms with Crippen molar-refractivity contribution in [2.75, 3.05) is 23.1 Å². The summed E-state index contributed by atoms with van der Waals surface area (Å²) in [6.45, 7) is 4.86. The molecule has 0 saturated heterocycles. The van der Waals surface area contributed by atoms with Gasteiger partial charge in [-0.25, -0.2) is 0 Å². The lowest BCUT2D eigenvalue weighted by Gasteiger charge is -2.17. The minimum Gasteiger partial charge on any atom is -0.495 e. The van der Waals surface area contributed by atoms with E-state index in [4.69, 9.17) is 9.26 Å². The standard InChI is InChI=1S/C16H20N4O4/c1-9-7-15(20-24-9)19-16(22)10(2)17-13-8-12(18-11(3)21)5-6-14(13)23-4/h5-8,10,17H,1-4H3,(H,18,21)(H,19,20,22). The van der Waals surface area contributed by atoms with Gasteiger partial charge in [0.2, 0.25) is 11.8 Å². The SMILES string of the molecule is COc1ccc(NC(C)=O)cc1NC(C)C(=O)Nc1cc(C)on1. The van der Waals surface area contributed by atoms with E-state index in [2.05, 4.69) is 21.1 Å². The van der Waals surface area contributed by atoms with Gasteiger partial charge >= 0.3 is 0 Å². The van der Waals surface area contributed by atoms with Crippen LogP contribution in [0.2, 0.25) is 0 Å². The summed E-state index contributed by atoms with van der Waals surface area (Å²) < 4.78 is 10.2. The summed E-state index contributed by atoms with van der Waals surface area (Å²) in [5, 5.41) is 12.1. The van der Waals surface area contributed by atoms with Gasteiger partial charge in [0.25, 0.3) is 0 Å². The smallest absolute Gasteiger partial charge is 0.247 e. The molecule has 8 nitrogen and oxygen atoms in total. The first-order valence-corrected chi connectivity index (χ1v) is 7.35. The zero-order valence-corrected chi connectivity index (χ0v) is 14.0. The molecule has 2 amide bonds. The third-order valence-electron chi connectivity index (χ3n) is 3.16. The number of rotatable bonds is 6. The number of anilines is 3. The first-order chi connectivity index (χ1) is 11.4. The van der Waals surface area contributed by atoms with E-state index in [0.717, 1.165) is 0 Å². The third kappa shape index (κ3) is 4.48. The summed E-state index contributed by atoms with van der Waals surface area (Å²) in [5.41, 5.74) is 1.19. The number of methoxy groups -OCH3 is 1. The maximum Gasteiger partial charge on any atom is 0.247 e. The predicted molar refractivity (Wildman–Crippen MR) is 90.3 cm³/mol. The molecule has 0 saturated carbocycles. The molecule has 1 aromatic heterocycles. The topological polar surface area (TPSA) is 105 Å². The number of nitrogens with one attached hydrogen (secondary N) is 3.